The minimum absolute atomic E-state index is 0.0329. The average molecular weight is 513 g/mol. The largest absolute Gasteiger partial charge is 0.416 e. The second-order valence-electron chi connectivity index (χ2n) is 10.1. The third kappa shape index (κ3) is 6.78. The molecular weight excluding hydrogens is 481 g/mol. The molecule has 0 spiro atoms. The van der Waals surface area contributed by atoms with E-state index in [1.54, 1.807) is 6.07 Å². The van der Waals surface area contributed by atoms with Crippen molar-refractivity contribution in [3.05, 3.63) is 59.7 Å². The molecular formula is C28H31F3N4O2. The molecule has 1 aliphatic heterocycles. The number of aryl methyl sites for hydroxylation is 1. The third-order valence-corrected chi connectivity index (χ3v) is 6.53. The number of aromatic nitrogens is 1. The lowest BCUT2D eigenvalue weighted by Gasteiger charge is -2.36. The van der Waals surface area contributed by atoms with Crippen molar-refractivity contribution in [2.75, 3.05) is 28.6 Å². The molecule has 2 amide bonds. The van der Waals surface area contributed by atoms with E-state index in [0.29, 0.717) is 17.5 Å². The predicted octanol–water partition coefficient (Wildman–Crippen LogP) is 6.40. The van der Waals surface area contributed by atoms with Crippen LogP contribution in [0.3, 0.4) is 0 Å². The maximum Gasteiger partial charge on any atom is 0.416 e. The number of hydrogen-bond donors (Lipinski definition) is 2. The van der Waals surface area contributed by atoms with E-state index in [0.717, 1.165) is 47.5 Å². The number of piperidine rings is 1. The Morgan fingerprint density at radius 3 is 2.19 bits per heavy atom. The van der Waals surface area contributed by atoms with Crippen LogP contribution in [-0.2, 0) is 15.8 Å². The van der Waals surface area contributed by atoms with Crippen molar-refractivity contribution < 1.29 is 22.8 Å². The Hall–Kier alpha value is -3.62. The monoisotopic (exact) mass is 512 g/mol. The van der Waals surface area contributed by atoms with Crippen molar-refractivity contribution in [3.8, 4) is 0 Å². The van der Waals surface area contributed by atoms with Crippen LogP contribution < -0.4 is 15.5 Å². The van der Waals surface area contributed by atoms with Gasteiger partial charge in [-0.1, -0.05) is 19.9 Å². The molecule has 2 N–H and O–H groups in total. The number of fused-ring (bicyclic) bond motifs is 1. The summed E-state index contributed by atoms with van der Waals surface area (Å²) in [5, 5.41) is 6.14. The summed E-state index contributed by atoms with van der Waals surface area (Å²) in [5.41, 5.74) is 1.68. The van der Waals surface area contributed by atoms with Gasteiger partial charge in [0.1, 0.15) is 5.82 Å². The van der Waals surface area contributed by atoms with E-state index in [2.05, 4.69) is 35.4 Å². The van der Waals surface area contributed by atoms with E-state index >= 15 is 0 Å². The molecule has 3 aromatic rings. The summed E-state index contributed by atoms with van der Waals surface area (Å²) in [4.78, 5) is 31.8. The van der Waals surface area contributed by atoms with Crippen molar-refractivity contribution in [1.82, 2.24) is 4.98 Å². The zero-order valence-corrected chi connectivity index (χ0v) is 21.2. The lowest BCUT2D eigenvalue weighted by Crippen LogP contribution is -2.39. The number of carbonyl (C=O) groups excluding carboxylic acids is 2. The van der Waals surface area contributed by atoms with Gasteiger partial charge in [0.05, 0.1) is 11.1 Å². The molecule has 2 atom stereocenters. The second kappa shape index (κ2) is 10.8. The summed E-state index contributed by atoms with van der Waals surface area (Å²) < 4.78 is 38.6. The summed E-state index contributed by atoms with van der Waals surface area (Å²) in [7, 11) is 0. The SMILES string of the molecule is Cc1cc(N2C[C@@H](C)C[C@H](C)C2)nc2ccc(NC(=O)CCC(=O)Nc3cccc(C(F)(F)F)c3)cc12. The zero-order valence-electron chi connectivity index (χ0n) is 21.2. The van der Waals surface area contributed by atoms with Crippen LogP contribution in [0.5, 0.6) is 0 Å². The van der Waals surface area contributed by atoms with E-state index < -0.39 is 17.6 Å². The first kappa shape index (κ1) is 26.4. The van der Waals surface area contributed by atoms with Gasteiger partial charge in [-0.2, -0.15) is 13.2 Å². The third-order valence-electron chi connectivity index (χ3n) is 6.53. The van der Waals surface area contributed by atoms with Crippen LogP contribution in [-0.4, -0.2) is 29.9 Å². The maximum atomic E-state index is 12.9. The van der Waals surface area contributed by atoms with E-state index in [4.69, 9.17) is 4.98 Å². The molecule has 196 valence electrons. The molecule has 0 bridgehead atoms. The van der Waals surface area contributed by atoms with Crippen molar-refractivity contribution in [2.24, 2.45) is 11.8 Å². The summed E-state index contributed by atoms with van der Waals surface area (Å²) in [6.45, 7) is 8.52. The maximum absolute atomic E-state index is 12.9. The highest BCUT2D eigenvalue weighted by Gasteiger charge is 2.30. The van der Waals surface area contributed by atoms with Crippen molar-refractivity contribution in [2.45, 2.75) is 46.2 Å². The minimum Gasteiger partial charge on any atom is -0.356 e. The van der Waals surface area contributed by atoms with Gasteiger partial charge >= 0.3 is 6.18 Å². The number of amides is 2. The predicted molar refractivity (Wildman–Crippen MR) is 140 cm³/mol. The Bertz CT molecular complexity index is 1300. The van der Waals surface area contributed by atoms with Crippen LogP contribution in [0.25, 0.3) is 10.9 Å². The Balaban J connectivity index is 1.36. The average Bonchev–Trinajstić information content (AvgIpc) is 2.82. The van der Waals surface area contributed by atoms with Crippen LogP contribution in [0.4, 0.5) is 30.4 Å². The number of carbonyl (C=O) groups is 2. The zero-order chi connectivity index (χ0) is 26.7. The molecule has 9 heteroatoms. The van der Waals surface area contributed by atoms with Crippen molar-refractivity contribution in [1.29, 1.82) is 0 Å². The fraction of sp³-hybridized carbons (Fsp3) is 0.393. The Kier molecular flexibility index (Phi) is 7.71. The number of pyridine rings is 1. The number of rotatable bonds is 6. The standard InChI is InChI=1S/C28H31F3N4O2/c1-17-11-18(2)16-35(15-17)25-12-19(3)23-14-22(7-8-24(23)34-25)33-27(37)10-9-26(36)32-21-6-4-5-20(13-21)28(29,30)31/h4-8,12-14,17-18H,9-11,15-16H2,1-3H3,(H,32,36)(H,33,37)/t17-,18-/m0/s1. The van der Waals surface area contributed by atoms with Gasteiger partial charge in [0.15, 0.2) is 0 Å². The molecule has 1 aromatic heterocycles. The molecule has 2 aromatic carbocycles. The molecule has 1 fully saturated rings. The first-order valence-corrected chi connectivity index (χ1v) is 12.4. The molecule has 0 saturated carbocycles. The number of nitrogens with one attached hydrogen (secondary N) is 2. The molecule has 0 aliphatic carbocycles. The number of hydrogen-bond acceptors (Lipinski definition) is 4. The fourth-order valence-corrected chi connectivity index (χ4v) is 4.91. The van der Waals surface area contributed by atoms with Crippen molar-refractivity contribution in [3.63, 3.8) is 0 Å². The van der Waals surface area contributed by atoms with Crippen LogP contribution in [0.1, 0.15) is 44.2 Å². The van der Waals surface area contributed by atoms with Crippen molar-refractivity contribution >= 4 is 39.9 Å². The van der Waals surface area contributed by atoms with E-state index in [1.807, 2.05) is 19.1 Å². The number of alkyl halides is 3. The molecule has 1 aliphatic rings. The summed E-state index contributed by atoms with van der Waals surface area (Å²) >= 11 is 0. The second-order valence-corrected chi connectivity index (χ2v) is 10.1. The van der Waals surface area contributed by atoms with E-state index in [-0.39, 0.29) is 24.4 Å². The Morgan fingerprint density at radius 2 is 1.57 bits per heavy atom. The highest BCUT2D eigenvalue weighted by atomic mass is 19.4. The lowest BCUT2D eigenvalue weighted by atomic mass is 9.92. The van der Waals surface area contributed by atoms with E-state index in [9.17, 15) is 22.8 Å². The summed E-state index contributed by atoms with van der Waals surface area (Å²) in [6.07, 6.45) is -3.55. The first-order valence-electron chi connectivity index (χ1n) is 12.4. The normalized spacial score (nSPS) is 18.1. The molecule has 2 heterocycles. The molecule has 37 heavy (non-hydrogen) atoms. The molecule has 4 rings (SSSR count). The lowest BCUT2D eigenvalue weighted by molar-refractivity contribution is -0.137. The Morgan fingerprint density at radius 1 is 0.946 bits per heavy atom. The fourth-order valence-electron chi connectivity index (χ4n) is 4.91. The molecule has 6 nitrogen and oxygen atoms in total. The highest BCUT2D eigenvalue weighted by Crippen LogP contribution is 2.31. The van der Waals surface area contributed by atoms with Gasteiger partial charge in [0.2, 0.25) is 11.8 Å². The topological polar surface area (TPSA) is 74.3 Å². The number of halogens is 3. The smallest absolute Gasteiger partial charge is 0.356 e. The van der Waals surface area contributed by atoms with Gasteiger partial charge in [-0.3, -0.25) is 9.59 Å². The summed E-state index contributed by atoms with van der Waals surface area (Å²) in [6, 6.07) is 12.0. The van der Waals surface area contributed by atoms with Crippen LogP contribution in [0.2, 0.25) is 0 Å². The van der Waals surface area contributed by atoms with Crippen LogP contribution in [0, 0.1) is 18.8 Å². The van der Waals surface area contributed by atoms with Crippen LogP contribution in [0.15, 0.2) is 48.5 Å². The molecule has 1 saturated heterocycles. The van der Waals surface area contributed by atoms with E-state index in [1.165, 1.54) is 18.6 Å². The van der Waals surface area contributed by atoms with Gasteiger partial charge < -0.3 is 15.5 Å². The van der Waals surface area contributed by atoms with Gasteiger partial charge in [-0.25, -0.2) is 4.98 Å². The first-order chi connectivity index (χ1) is 17.5. The van der Waals surface area contributed by atoms with Crippen LogP contribution >= 0.6 is 0 Å². The quantitative estimate of drug-likeness (QED) is 0.401. The van der Waals surface area contributed by atoms with Gasteiger partial charge in [-0.15, -0.1) is 0 Å². The summed E-state index contributed by atoms with van der Waals surface area (Å²) in [5.74, 6) is 1.29. The number of anilines is 3. The van der Waals surface area contributed by atoms with Gasteiger partial charge in [-0.05, 0) is 73.2 Å². The highest BCUT2D eigenvalue weighted by molar-refractivity contribution is 5.98. The number of nitrogens with zero attached hydrogens (tertiary/aromatic N) is 2. The minimum atomic E-state index is -4.50. The van der Waals surface area contributed by atoms with Gasteiger partial charge in [0, 0.05) is 42.7 Å². The number of benzene rings is 2. The molecule has 0 unspecified atom stereocenters. The molecule has 0 radical (unpaired) electrons. The van der Waals surface area contributed by atoms with Gasteiger partial charge in [0.25, 0.3) is 0 Å². The Labute approximate surface area is 214 Å².